The van der Waals surface area contributed by atoms with Crippen LogP contribution in [-0.4, -0.2) is 17.8 Å². The van der Waals surface area contributed by atoms with Crippen LogP contribution in [0.1, 0.15) is 0 Å². The average Bonchev–Trinajstić information content (AvgIpc) is 3.06. The second-order valence-electron chi connectivity index (χ2n) is 5.73. The SMILES string of the molecule is O=S(=O)(Nc1cccc(-c2cn3ccccc3n2)c1)c1ccc(Cl)cc1. The van der Waals surface area contributed by atoms with Crippen molar-refractivity contribution in [2.45, 2.75) is 4.90 Å². The van der Waals surface area contributed by atoms with Crippen LogP contribution in [0.3, 0.4) is 0 Å². The van der Waals surface area contributed by atoms with Gasteiger partial charge in [-0.2, -0.15) is 0 Å². The topological polar surface area (TPSA) is 63.5 Å². The van der Waals surface area contributed by atoms with E-state index in [0.717, 1.165) is 16.9 Å². The van der Waals surface area contributed by atoms with Crippen molar-refractivity contribution in [3.63, 3.8) is 0 Å². The smallest absolute Gasteiger partial charge is 0.261 e. The highest BCUT2D eigenvalue weighted by Crippen LogP contribution is 2.24. The summed E-state index contributed by atoms with van der Waals surface area (Å²) in [6, 6.07) is 18.9. The van der Waals surface area contributed by atoms with Crippen LogP contribution < -0.4 is 4.72 Å². The maximum absolute atomic E-state index is 12.5. The number of imidazole rings is 1. The number of halogens is 1. The largest absolute Gasteiger partial charge is 0.306 e. The summed E-state index contributed by atoms with van der Waals surface area (Å²) < 4.78 is 29.6. The first-order valence-corrected chi connectivity index (χ1v) is 9.70. The van der Waals surface area contributed by atoms with Crippen molar-refractivity contribution in [2.75, 3.05) is 4.72 Å². The van der Waals surface area contributed by atoms with Gasteiger partial charge in [-0.1, -0.05) is 29.8 Å². The molecule has 5 nitrogen and oxygen atoms in total. The first kappa shape index (κ1) is 16.6. The minimum absolute atomic E-state index is 0.153. The van der Waals surface area contributed by atoms with Crippen LogP contribution in [0.15, 0.2) is 84.0 Å². The molecule has 4 rings (SSSR count). The quantitative estimate of drug-likeness (QED) is 0.566. The molecule has 7 heteroatoms. The molecule has 0 aliphatic rings. The van der Waals surface area contributed by atoms with E-state index in [0.29, 0.717) is 10.7 Å². The Morgan fingerprint density at radius 1 is 0.962 bits per heavy atom. The summed E-state index contributed by atoms with van der Waals surface area (Å²) in [6.07, 6.45) is 3.82. The second-order valence-corrected chi connectivity index (χ2v) is 7.85. The van der Waals surface area contributed by atoms with Gasteiger partial charge < -0.3 is 4.40 Å². The van der Waals surface area contributed by atoms with Gasteiger partial charge in [0.05, 0.1) is 10.6 Å². The number of fused-ring (bicyclic) bond motifs is 1. The third-order valence-corrected chi connectivity index (χ3v) is 5.55. The van der Waals surface area contributed by atoms with Crippen molar-refractivity contribution in [2.24, 2.45) is 0 Å². The molecule has 26 heavy (non-hydrogen) atoms. The Morgan fingerprint density at radius 2 is 1.77 bits per heavy atom. The number of pyridine rings is 1. The van der Waals surface area contributed by atoms with Crippen LogP contribution in [0.25, 0.3) is 16.9 Å². The van der Waals surface area contributed by atoms with Crippen LogP contribution in [0.4, 0.5) is 5.69 Å². The predicted molar refractivity (Wildman–Crippen MR) is 103 cm³/mol. The Bertz CT molecular complexity index is 1150. The van der Waals surface area contributed by atoms with E-state index in [2.05, 4.69) is 9.71 Å². The number of anilines is 1. The Labute approximate surface area is 155 Å². The molecule has 130 valence electrons. The lowest BCUT2D eigenvalue weighted by Gasteiger charge is -2.09. The third-order valence-electron chi connectivity index (χ3n) is 3.90. The molecule has 0 amide bonds. The van der Waals surface area contributed by atoms with Gasteiger partial charge in [-0.3, -0.25) is 4.72 Å². The van der Waals surface area contributed by atoms with Gasteiger partial charge >= 0.3 is 0 Å². The molecule has 0 aliphatic heterocycles. The predicted octanol–water partition coefficient (Wildman–Crippen LogP) is 4.46. The lowest BCUT2D eigenvalue weighted by molar-refractivity contribution is 0.601. The van der Waals surface area contributed by atoms with E-state index in [1.807, 2.05) is 41.1 Å². The number of hydrogen-bond acceptors (Lipinski definition) is 3. The van der Waals surface area contributed by atoms with E-state index < -0.39 is 10.0 Å². The van der Waals surface area contributed by atoms with E-state index in [1.54, 1.807) is 30.3 Å². The number of hydrogen-bond donors (Lipinski definition) is 1. The van der Waals surface area contributed by atoms with Gasteiger partial charge in [0.15, 0.2) is 0 Å². The second kappa shape index (κ2) is 6.48. The van der Waals surface area contributed by atoms with Crippen LogP contribution in [-0.2, 0) is 10.0 Å². The summed E-state index contributed by atoms with van der Waals surface area (Å²) in [6.45, 7) is 0. The van der Waals surface area contributed by atoms with Crippen LogP contribution in [0.5, 0.6) is 0 Å². The van der Waals surface area contributed by atoms with E-state index in [1.165, 1.54) is 12.1 Å². The summed E-state index contributed by atoms with van der Waals surface area (Å²) in [5.74, 6) is 0. The summed E-state index contributed by atoms with van der Waals surface area (Å²) >= 11 is 5.82. The van der Waals surface area contributed by atoms with Gasteiger partial charge in [0.1, 0.15) is 5.65 Å². The lowest BCUT2D eigenvalue weighted by Crippen LogP contribution is -2.12. The molecule has 2 aromatic carbocycles. The molecule has 0 radical (unpaired) electrons. The fourth-order valence-corrected chi connectivity index (χ4v) is 3.82. The van der Waals surface area contributed by atoms with Crippen LogP contribution >= 0.6 is 11.6 Å². The number of benzene rings is 2. The molecule has 0 fully saturated rings. The molecule has 0 saturated heterocycles. The number of nitrogens with zero attached hydrogens (tertiary/aromatic N) is 2. The molecular formula is C19H14ClN3O2S. The highest BCUT2D eigenvalue weighted by molar-refractivity contribution is 7.92. The third kappa shape index (κ3) is 3.29. The number of sulfonamides is 1. The fraction of sp³-hybridized carbons (Fsp3) is 0. The van der Waals surface area contributed by atoms with E-state index >= 15 is 0 Å². The monoisotopic (exact) mass is 383 g/mol. The van der Waals surface area contributed by atoms with E-state index in [-0.39, 0.29) is 4.90 Å². The zero-order chi connectivity index (χ0) is 18.1. The maximum atomic E-state index is 12.5. The summed E-state index contributed by atoms with van der Waals surface area (Å²) in [5, 5.41) is 0.484. The van der Waals surface area contributed by atoms with Crippen molar-refractivity contribution in [3.8, 4) is 11.3 Å². The average molecular weight is 384 g/mol. The number of rotatable bonds is 4. The minimum Gasteiger partial charge on any atom is -0.306 e. The fourth-order valence-electron chi connectivity index (χ4n) is 2.64. The van der Waals surface area contributed by atoms with Gasteiger partial charge in [-0.15, -0.1) is 0 Å². The molecule has 4 aromatic rings. The lowest BCUT2D eigenvalue weighted by atomic mass is 10.1. The highest BCUT2D eigenvalue weighted by Gasteiger charge is 2.14. The molecule has 2 aromatic heterocycles. The Hall–Kier alpha value is -2.83. The van der Waals surface area contributed by atoms with Crippen LogP contribution in [0.2, 0.25) is 5.02 Å². The van der Waals surface area contributed by atoms with Gasteiger partial charge in [-0.25, -0.2) is 13.4 Å². The maximum Gasteiger partial charge on any atom is 0.261 e. The zero-order valence-electron chi connectivity index (χ0n) is 13.5. The van der Waals surface area contributed by atoms with Crippen molar-refractivity contribution in [1.29, 1.82) is 0 Å². The minimum atomic E-state index is -3.69. The number of nitrogens with one attached hydrogen (secondary N) is 1. The summed E-state index contributed by atoms with van der Waals surface area (Å²) in [4.78, 5) is 4.71. The van der Waals surface area contributed by atoms with Gasteiger partial charge in [-0.05, 0) is 48.5 Å². The Morgan fingerprint density at radius 3 is 2.54 bits per heavy atom. The summed E-state index contributed by atoms with van der Waals surface area (Å²) in [7, 11) is -3.69. The van der Waals surface area contributed by atoms with Crippen molar-refractivity contribution in [3.05, 3.63) is 84.1 Å². The zero-order valence-corrected chi connectivity index (χ0v) is 15.1. The first-order valence-electron chi connectivity index (χ1n) is 7.84. The van der Waals surface area contributed by atoms with E-state index in [4.69, 9.17) is 11.6 Å². The molecule has 1 N–H and O–H groups in total. The molecule has 0 spiro atoms. The Balaban J connectivity index is 1.66. The van der Waals surface area contributed by atoms with Crippen molar-refractivity contribution < 1.29 is 8.42 Å². The number of aromatic nitrogens is 2. The van der Waals surface area contributed by atoms with Gasteiger partial charge in [0.2, 0.25) is 0 Å². The molecule has 0 aliphatic carbocycles. The molecule has 0 unspecified atom stereocenters. The first-order chi connectivity index (χ1) is 12.5. The van der Waals surface area contributed by atoms with Crippen LogP contribution in [0, 0.1) is 0 Å². The molecule has 0 saturated carbocycles. The summed E-state index contributed by atoms with van der Waals surface area (Å²) in [5.41, 5.74) is 2.89. The van der Waals surface area contributed by atoms with Crippen molar-refractivity contribution >= 4 is 33.0 Å². The van der Waals surface area contributed by atoms with Gasteiger partial charge in [0, 0.05) is 28.7 Å². The molecule has 2 heterocycles. The standard InChI is InChI=1S/C19H14ClN3O2S/c20-15-7-9-17(10-8-15)26(24,25)22-16-5-3-4-14(12-16)18-13-23-11-2-1-6-19(23)21-18/h1-13,22H. The highest BCUT2D eigenvalue weighted by atomic mass is 35.5. The van der Waals surface area contributed by atoms with Gasteiger partial charge in [0.25, 0.3) is 10.0 Å². The Kier molecular flexibility index (Phi) is 4.14. The van der Waals surface area contributed by atoms with E-state index in [9.17, 15) is 8.42 Å². The van der Waals surface area contributed by atoms with Crippen molar-refractivity contribution in [1.82, 2.24) is 9.38 Å². The normalized spacial score (nSPS) is 11.6. The molecule has 0 bridgehead atoms. The molecule has 0 atom stereocenters. The molecular weight excluding hydrogens is 370 g/mol.